The van der Waals surface area contributed by atoms with E-state index in [0.717, 1.165) is 24.0 Å². The van der Waals surface area contributed by atoms with Crippen LogP contribution >= 0.6 is 45.2 Å². The third-order valence-electron chi connectivity index (χ3n) is 2.77. The van der Waals surface area contributed by atoms with E-state index in [9.17, 15) is 4.79 Å². The number of ether oxygens (including phenoxy) is 1. The molecular formula is C15H13I2NO3. The quantitative estimate of drug-likeness (QED) is 0.369. The molecular weight excluding hydrogens is 496 g/mol. The Hall–Kier alpha value is -0.870. The van der Waals surface area contributed by atoms with Gasteiger partial charge in [0.25, 0.3) is 0 Å². The molecule has 21 heavy (non-hydrogen) atoms. The van der Waals surface area contributed by atoms with Gasteiger partial charge < -0.3 is 4.74 Å². The van der Waals surface area contributed by atoms with Crippen LogP contribution in [0.15, 0.2) is 42.5 Å². The van der Waals surface area contributed by atoms with E-state index >= 15 is 0 Å². The summed E-state index contributed by atoms with van der Waals surface area (Å²) in [5.41, 5.74) is 3.58. The molecule has 2 N–H and O–H groups in total. The molecule has 1 amide bonds. The van der Waals surface area contributed by atoms with E-state index in [4.69, 9.17) is 9.94 Å². The normalized spacial score (nSPS) is 10.2. The first kappa shape index (κ1) is 16.5. The molecule has 2 rings (SSSR count). The number of benzene rings is 2. The summed E-state index contributed by atoms with van der Waals surface area (Å²) < 4.78 is 7.76. The zero-order valence-corrected chi connectivity index (χ0v) is 15.3. The number of hydrogen-bond donors (Lipinski definition) is 2. The number of rotatable bonds is 5. The van der Waals surface area contributed by atoms with Gasteiger partial charge in [-0.15, -0.1) is 0 Å². The monoisotopic (exact) mass is 509 g/mol. The van der Waals surface area contributed by atoms with E-state index in [1.54, 1.807) is 5.48 Å². The Balaban J connectivity index is 2.12. The van der Waals surface area contributed by atoms with Gasteiger partial charge in [-0.2, -0.15) is 0 Å². The van der Waals surface area contributed by atoms with Crippen molar-refractivity contribution in [2.45, 2.75) is 13.0 Å². The Bertz CT molecular complexity index is 609. The standard InChI is InChI=1S/C15H13I2NO3/c16-12-6-11(8-14(19)18-20)7-13(17)15(12)21-9-10-4-2-1-3-5-10/h1-7,20H,8-9H2,(H,18,19). The molecule has 4 nitrogen and oxygen atoms in total. The first-order chi connectivity index (χ1) is 10.1. The van der Waals surface area contributed by atoms with Crippen molar-refractivity contribution in [1.82, 2.24) is 5.48 Å². The van der Waals surface area contributed by atoms with E-state index in [2.05, 4.69) is 45.2 Å². The predicted molar refractivity (Wildman–Crippen MR) is 96.3 cm³/mol. The highest BCUT2D eigenvalue weighted by atomic mass is 127. The van der Waals surface area contributed by atoms with Crippen LogP contribution in [0.2, 0.25) is 0 Å². The Labute approximate surface area is 150 Å². The topological polar surface area (TPSA) is 58.6 Å². The number of carbonyl (C=O) groups is 1. The van der Waals surface area contributed by atoms with E-state index in [1.165, 1.54) is 0 Å². The van der Waals surface area contributed by atoms with Gasteiger partial charge in [0.2, 0.25) is 5.91 Å². The molecule has 110 valence electrons. The van der Waals surface area contributed by atoms with Crippen molar-refractivity contribution in [3.63, 3.8) is 0 Å². The van der Waals surface area contributed by atoms with Crippen LogP contribution in [0.3, 0.4) is 0 Å². The van der Waals surface area contributed by atoms with Crippen LogP contribution in [0, 0.1) is 7.14 Å². The van der Waals surface area contributed by atoms with E-state index in [-0.39, 0.29) is 6.42 Å². The first-order valence-corrected chi connectivity index (χ1v) is 8.33. The van der Waals surface area contributed by atoms with Gasteiger partial charge in [0, 0.05) is 0 Å². The molecule has 0 saturated heterocycles. The molecule has 0 radical (unpaired) electrons. The summed E-state index contributed by atoms with van der Waals surface area (Å²) in [6.45, 7) is 0.503. The van der Waals surface area contributed by atoms with Gasteiger partial charge in [0.05, 0.1) is 13.6 Å². The van der Waals surface area contributed by atoms with Gasteiger partial charge in [0.15, 0.2) is 0 Å². The van der Waals surface area contributed by atoms with Crippen LogP contribution in [-0.4, -0.2) is 11.1 Å². The zero-order valence-electron chi connectivity index (χ0n) is 11.0. The molecule has 0 aromatic heterocycles. The number of halogens is 2. The first-order valence-electron chi connectivity index (χ1n) is 6.17. The summed E-state index contributed by atoms with van der Waals surface area (Å²) in [5.74, 6) is 0.382. The lowest BCUT2D eigenvalue weighted by atomic mass is 10.1. The van der Waals surface area contributed by atoms with Crippen molar-refractivity contribution in [1.29, 1.82) is 0 Å². The molecule has 2 aromatic carbocycles. The van der Waals surface area contributed by atoms with Gasteiger partial charge in [-0.25, -0.2) is 5.48 Å². The van der Waals surface area contributed by atoms with Gasteiger partial charge >= 0.3 is 0 Å². The Kier molecular flexibility index (Phi) is 6.24. The van der Waals surface area contributed by atoms with Crippen LogP contribution in [0.1, 0.15) is 11.1 Å². The number of hydroxylamine groups is 1. The molecule has 0 fully saturated rings. The van der Waals surface area contributed by atoms with Crippen LogP contribution < -0.4 is 10.2 Å². The molecule has 0 heterocycles. The lowest BCUT2D eigenvalue weighted by Gasteiger charge is -2.12. The number of hydrogen-bond acceptors (Lipinski definition) is 3. The second-order valence-electron chi connectivity index (χ2n) is 4.37. The van der Waals surface area contributed by atoms with Gasteiger partial charge in [-0.3, -0.25) is 10.0 Å². The van der Waals surface area contributed by atoms with Crippen molar-refractivity contribution in [2.75, 3.05) is 0 Å². The summed E-state index contributed by atoms with van der Waals surface area (Å²) in [6, 6.07) is 13.7. The number of carbonyl (C=O) groups excluding carboxylic acids is 1. The SMILES string of the molecule is O=C(Cc1cc(I)c(OCc2ccccc2)c(I)c1)NO. The maximum absolute atomic E-state index is 11.2. The highest BCUT2D eigenvalue weighted by molar-refractivity contribution is 14.1. The molecule has 0 aliphatic carbocycles. The Morgan fingerprint density at radius 3 is 2.29 bits per heavy atom. The molecule has 0 unspecified atom stereocenters. The maximum Gasteiger partial charge on any atom is 0.247 e. The second kappa shape index (κ2) is 7.95. The minimum absolute atomic E-state index is 0.140. The fraction of sp³-hybridized carbons (Fsp3) is 0.133. The molecule has 2 aromatic rings. The maximum atomic E-state index is 11.2. The summed E-state index contributed by atoms with van der Waals surface area (Å²) in [5, 5.41) is 8.57. The van der Waals surface area contributed by atoms with Crippen molar-refractivity contribution in [3.05, 3.63) is 60.7 Å². The molecule has 0 saturated carbocycles. The van der Waals surface area contributed by atoms with Gasteiger partial charge in [0.1, 0.15) is 12.4 Å². The van der Waals surface area contributed by atoms with E-state index < -0.39 is 5.91 Å². The molecule has 0 atom stereocenters. The Morgan fingerprint density at radius 1 is 1.10 bits per heavy atom. The van der Waals surface area contributed by atoms with Crippen LogP contribution in [0.4, 0.5) is 0 Å². The van der Waals surface area contributed by atoms with Crippen LogP contribution in [0.5, 0.6) is 5.75 Å². The predicted octanol–water partition coefficient (Wildman–Crippen LogP) is 3.52. The van der Waals surface area contributed by atoms with Crippen LogP contribution in [0.25, 0.3) is 0 Å². The average Bonchev–Trinajstić information content (AvgIpc) is 2.47. The lowest BCUT2D eigenvalue weighted by Crippen LogP contribution is -2.20. The third kappa shape index (κ3) is 4.82. The third-order valence-corrected chi connectivity index (χ3v) is 4.38. The number of amides is 1. The highest BCUT2D eigenvalue weighted by Gasteiger charge is 2.11. The smallest absolute Gasteiger partial charge is 0.247 e. The van der Waals surface area contributed by atoms with Gasteiger partial charge in [-0.1, -0.05) is 30.3 Å². The van der Waals surface area contributed by atoms with Crippen molar-refractivity contribution in [3.8, 4) is 5.75 Å². The minimum atomic E-state index is -0.431. The van der Waals surface area contributed by atoms with E-state index in [1.807, 2.05) is 42.5 Å². The largest absolute Gasteiger partial charge is 0.487 e. The molecule has 0 aliphatic heterocycles. The lowest BCUT2D eigenvalue weighted by molar-refractivity contribution is -0.128. The summed E-state index contributed by atoms with van der Waals surface area (Å²) in [7, 11) is 0. The summed E-state index contributed by atoms with van der Waals surface area (Å²) in [4.78, 5) is 11.2. The average molecular weight is 509 g/mol. The van der Waals surface area contributed by atoms with Crippen molar-refractivity contribution < 1.29 is 14.7 Å². The highest BCUT2D eigenvalue weighted by Crippen LogP contribution is 2.29. The van der Waals surface area contributed by atoms with Crippen molar-refractivity contribution >= 4 is 51.1 Å². The van der Waals surface area contributed by atoms with Crippen molar-refractivity contribution in [2.24, 2.45) is 0 Å². The number of nitrogens with one attached hydrogen (secondary N) is 1. The fourth-order valence-electron chi connectivity index (χ4n) is 1.81. The van der Waals surface area contributed by atoms with E-state index in [0.29, 0.717) is 6.61 Å². The minimum Gasteiger partial charge on any atom is -0.487 e. The fourth-order valence-corrected chi connectivity index (χ4v) is 4.02. The molecule has 6 heteroatoms. The summed E-state index contributed by atoms with van der Waals surface area (Å²) in [6.07, 6.45) is 0.140. The molecule has 0 aliphatic rings. The summed E-state index contributed by atoms with van der Waals surface area (Å²) >= 11 is 4.38. The molecule has 0 bridgehead atoms. The molecule has 0 spiro atoms. The second-order valence-corrected chi connectivity index (χ2v) is 6.70. The van der Waals surface area contributed by atoms with Crippen LogP contribution in [-0.2, 0) is 17.8 Å². The zero-order chi connectivity index (χ0) is 15.2. The van der Waals surface area contributed by atoms with Gasteiger partial charge in [-0.05, 0) is 68.4 Å². The Morgan fingerprint density at radius 2 is 1.71 bits per heavy atom.